The van der Waals surface area contributed by atoms with Crippen molar-refractivity contribution in [3.05, 3.63) is 71.3 Å². The third-order valence-corrected chi connectivity index (χ3v) is 7.30. The molecule has 0 saturated carbocycles. The van der Waals surface area contributed by atoms with Crippen molar-refractivity contribution in [1.82, 2.24) is 14.5 Å². The average molecular weight is 488 g/mol. The molecule has 0 bridgehead atoms. The number of carbonyl (C=O) groups excluding carboxylic acids is 2. The Kier molecular flexibility index (Phi) is 8.78. The number of rotatable bonds is 9. The molecule has 1 aliphatic rings. The zero-order chi connectivity index (χ0) is 24.7. The minimum Gasteiger partial charge on any atom is -0.350 e. The third kappa shape index (κ3) is 6.86. The number of carbonyl (C=O) groups is 2. The predicted molar refractivity (Wildman–Crippen MR) is 131 cm³/mol. The van der Waals surface area contributed by atoms with Crippen LogP contribution in [0, 0.1) is 0 Å². The van der Waals surface area contributed by atoms with Gasteiger partial charge in [0, 0.05) is 32.7 Å². The highest BCUT2D eigenvalue weighted by Gasteiger charge is 2.39. The highest BCUT2D eigenvalue weighted by molar-refractivity contribution is 7.88. The molecule has 5 N–H and O–H groups in total. The number of sulfonamides is 1. The van der Waals surface area contributed by atoms with Crippen LogP contribution in [0.2, 0.25) is 0 Å². The van der Waals surface area contributed by atoms with E-state index in [2.05, 4.69) is 5.32 Å². The summed E-state index contributed by atoms with van der Waals surface area (Å²) in [6, 6.07) is 15.5. The molecular weight excluding hydrogens is 454 g/mol. The van der Waals surface area contributed by atoms with Crippen LogP contribution in [-0.2, 0) is 39.1 Å². The summed E-state index contributed by atoms with van der Waals surface area (Å²) in [5.74, 6) is -0.767. The first kappa shape index (κ1) is 25.8. The van der Waals surface area contributed by atoms with Gasteiger partial charge in [0.25, 0.3) is 0 Å². The molecule has 9 nitrogen and oxygen atoms in total. The zero-order valence-corrected chi connectivity index (χ0v) is 20.2. The molecule has 34 heavy (non-hydrogen) atoms. The zero-order valence-electron chi connectivity index (χ0n) is 19.4. The van der Waals surface area contributed by atoms with Crippen LogP contribution >= 0.6 is 0 Å². The number of benzene rings is 2. The first-order valence-electron chi connectivity index (χ1n) is 11.3. The normalized spacial score (nSPS) is 17.9. The minimum atomic E-state index is -3.51. The molecule has 1 saturated heterocycles. The molecule has 184 valence electrons. The van der Waals surface area contributed by atoms with Gasteiger partial charge < -0.3 is 21.7 Å². The third-order valence-electron chi connectivity index (χ3n) is 6.03. The SMILES string of the molecule is CS(=O)(=O)N1CCN(C(=O)C(N)CCc2ccccc2)C(C(=O)NCc2ccc(CN)cc2)C1. The Morgan fingerprint density at radius 1 is 1.03 bits per heavy atom. The van der Waals surface area contributed by atoms with E-state index in [1.54, 1.807) is 0 Å². The first-order valence-corrected chi connectivity index (χ1v) is 13.1. The Labute approximate surface area is 201 Å². The monoisotopic (exact) mass is 487 g/mol. The van der Waals surface area contributed by atoms with Crippen LogP contribution in [0.1, 0.15) is 23.1 Å². The van der Waals surface area contributed by atoms with Crippen LogP contribution in [0.25, 0.3) is 0 Å². The number of nitrogens with one attached hydrogen (secondary N) is 1. The Morgan fingerprint density at radius 3 is 2.29 bits per heavy atom. The highest BCUT2D eigenvalue weighted by Crippen LogP contribution is 2.16. The largest absolute Gasteiger partial charge is 0.350 e. The fourth-order valence-electron chi connectivity index (χ4n) is 3.95. The second-order valence-corrected chi connectivity index (χ2v) is 10.5. The summed E-state index contributed by atoms with van der Waals surface area (Å²) in [5.41, 5.74) is 14.7. The lowest BCUT2D eigenvalue weighted by Gasteiger charge is -2.40. The van der Waals surface area contributed by atoms with Crippen molar-refractivity contribution < 1.29 is 18.0 Å². The lowest BCUT2D eigenvalue weighted by Crippen LogP contribution is -2.63. The van der Waals surface area contributed by atoms with Crippen molar-refractivity contribution in [1.29, 1.82) is 0 Å². The van der Waals surface area contributed by atoms with Crippen molar-refractivity contribution in [2.24, 2.45) is 11.5 Å². The lowest BCUT2D eigenvalue weighted by molar-refractivity contribution is -0.144. The van der Waals surface area contributed by atoms with Crippen molar-refractivity contribution in [2.45, 2.75) is 38.0 Å². The van der Waals surface area contributed by atoms with Gasteiger partial charge in [-0.25, -0.2) is 8.42 Å². The van der Waals surface area contributed by atoms with Gasteiger partial charge in [-0.2, -0.15) is 4.31 Å². The van der Waals surface area contributed by atoms with E-state index in [4.69, 9.17) is 11.5 Å². The molecule has 1 fully saturated rings. The maximum absolute atomic E-state index is 13.2. The number of hydrogen-bond acceptors (Lipinski definition) is 6. The van der Waals surface area contributed by atoms with E-state index < -0.39 is 28.0 Å². The van der Waals surface area contributed by atoms with Crippen LogP contribution in [0.3, 0.4) is 0 Å². The van der Waals surface area contributed by atoms with Gasteiger partial charge in [0.2, 0.25) is 21.8 Å². The Bertz CT molecular complexity index is 1080. The van der Waals surface area contributed by atoms with Gasteiger partial charge in [0.15, 0.2) is 0 Å². The van der Waals surface area contributed by atoms with E-state index in [1.807, 2.05) is 54.6 Å². The van der Waals surface area contributed by atoms with E-state index in [0.29, 0.717) is 19.4 Å². The molecule has 2 aromatic carbocycles. The van der Waals surface area contributed by atoms with Gasteiger partial charge in [0.05, 0.1) is 12.3 Å². The van der Waals surface area contributed by atoms with E-state index in [-0.39, 0.29) is 32.1 Å². The van der Waals surface area contributed by atoms with E-state index in [0.717, 1.165) is 22.9 Å². The summed E-state index contributed by atoms with van der Waals surface area (Å²) in [6.07, 6.45) is 2.16. The van der Waals surface area contributed by atoms with E-state index in [9.17, 15) is 18.0 Å². The Hall–Kier alpha value is -2.79. The molecule has 2 amide bonds. The number of amides is 2. The van der Waals surface area contributed by atoms with Crippen molar-refractivity contribution in [3.8, 4) is 0 Å². The molecule has 1 aliphatic heterocycles. The topological polar surface area (TPSA) is 139 Å². The maximum atomic E-state index is 13.2. The number of nitrogens with two attached hydrogens (primary N) is 2. The summed E-state index contributed by atoms with van der Waals surface area (Å²) >= 11 is 0. The van der Waals surface area contributed by atoms with Crippen LogP contribution in [0.5, 0.6) is 0 Å². The maximum Gasteiger partial charge on any atom is 0.244 e. The van der Waals surface area contributed by atoms with Crippen LogP contribution < -0.4 is 16.8 Å². The molecule has 1 heterocycles. The average Bonchev–Trinajstić information content (AvgIpc) is 2.85. The molecule has 2 atom stereocenters. The highest BCUT2D eigenvalue weighted by atomic mass is 32.2. The minimum absolute atomic E-state index is 0.103. The summed E-state index contributed by atoms with van der Waals surface area (Å²) in [7, 11) is -3.51. The molecule has 10 heteroatoms. The van der Waals surface area contributed by atoms with Crippen LogP contribution in [-0.4, -0.2) is 67.4 Å². The second-order valence-electron chi connectivity index (χ2n) is 8.54. The molecule has 2 unspecified atom stereocenters. The van der Waals surface area contributed by atoms with Gasteiger partial charge in [-0.15, -0.1) is 0 Å². The molecule has 0 radical (unpaired) electrons. The summed E-state index contributed by atoms with van der Waals surface area (Å²) in [6.45, 7) is 0.807. The standard InChI is InChI=1S/C24H33N5O4S/c1-34(32,33)28-13-14-29(24(31)21(26)12-11-18-5-3-2-4-6-18)22(17-28)23(30)27-16-20-9-7-19(15-25)8-10-20/h2-10,21-22H,11-17,25-26H2,1H3,(H,27,30). The predicted octanol–water partition coefficient (Wildman–Crippen LogP) is 0.194. The van der Waals surface area contributed by atoms with Gasteiger partial charge in [-0.1, -0.05) is 54.6 Å². The van der Waals surface area contributed by atoms with Gasteiger partial charge in [-0.3, -0.25) is 9.59 Å². The molecular formula is C24H33N5O4S. The number of aryl methyl sites for hydroxylation is 1. The smallest absolute Gasteiger partial charge is 0.244 e. The van der Waals surface area contributed by atoms with Crippen molar-refractivity contribution >= 4 is 21.8 Å². The fourth-order valence-corrected chi connectivity index (χ4v) is 4.78. The molecule has 3 rings (SSSR count). The van der Waals surface area contributed by atoms with Gasteiger partial charge in [-0.05, 0) is 29.5 Å². The van der Waals surface area contributed by atoms with E-state index >= 15 is 0 Å². The van der Waals surface area contributed by atoms with Crippen molar-refractivity contribution in [3.63, 3.8) is 0 Å². The number of nitrogens with zero attached hydrogens (tertiary/aromatic N) is 2. The quantitative estimate of drug-likeness (QED) is 0.462. The molecule has 0 aliphatic carbocycles. The molecule has 0 aromatic heterocycles. The molecule has 0 spiro atoms. The van der Waals surface area contributed by atoms with Crippen molar-refractivity contribution in [2.75, 3.05) is 25.9 Å². The van der Waals surface area contributed by atoms with Gasteiger partial charge >= 0.3 is 0 Å². The lowest BCUT2D eigenvalue weighted by atomic mass is 10.0. The number of hydrogen-bond donors (Lipinski definition) is 3. The number of piperazine rings is 1. The summed E-state index contributed by atoms with van der Waals surface area (Å²) < 4.78 is 25.5. The molecule has 2 aromatic rings. The summed E-state index contributed by atoms with van der Waals surface area (Å²) in [5, 5.41) is 2.83. The second kappa shape index (κ2) is 11.6. The first-order chi connectivity index (χ1) is 16.2. The van der Waals surface area contributed by atoms with Crippen LogP contribution in [0.4, 0.5) is 0 Å². The Morgan fingerprint density at radius 2 is 1.68 bits per heavy atom. The van der Waals surface area contributed by atoms with Crippen LogP contribution in [0.15, 0.2) is 54.6 Å². The van der Waals surface area contributed by atoms with Gasteiger partial charge in [0.1, 0.15) is 6.04 Å². The Balaban J connectivity index is 1.68. The summed E-state index contributed by atoms with van der Waals surface area (Å²) in [4.78, 5) is 27.7. The fraction of sp³-hybridized carbons (Fsp3) is 0.417. The van der Waals surface area contributed by atoms with E-state index in [1.165, 1.54) is 9.21 Å².